The van der Waals surface area contributed by atoms with Gasteiger partial charge < -0.3 is 29.3 Å². The molecule has 2 heterocycles. The molecular weight excluding hydrogens is 594 g/mol. The number of carbonyl (C=O) groups is 1. The third kappa shape index (κ3) is 5.40. The van der Waals surface area contributed by atoms with Crippen molar-refractivity contribution in [2.75, 3.05) is 26.3 Å². The third-order valence-electron chi connectivity index (χ3n) is 14.9. The number of morpholine rings is 1. The molecule has 1 aliphatic heterocycles. The van der Waals surface area contributed by atoms with E-state index in [9.17, 15) is 15.0 Å². The van der Waals surface area contributed by atoms with E-state index in [1.165, 1.54) is 32.1 Å². The van der Waals surface area contributed by atoms with Gasteiger partial charge in [0.2, 0.25) is 0 Å². The van der Waals surface area contributed by atoms with Gasteiger partial charge in [0.05, 0.1) is 24.9 Å². The van der Waals surface area contributed by atoms with Crippen LogP contribution in [0.2, 0.25) is 0 Å². The molecule has 5 saturated carbocycles. The Hall–Kier alpha value is -1.97. The quantitative estimate of drug-likeness (QED) is 0.338. The van der Waals surface area contributed by atoms with Crippen molar-refractivity contribution >= 4 is 6.09 Å². The summed E-state index contributed by atoms with van der Waals surface area (Å²) in [7, 11) is 0. The minimum atomic E-state index is -1.04. The highest BCUT2D eigenvalue weighted by molar-refractivity contribution is 5.68. The smallest absolute Gasteiger partial charge is 0.410 e. The first-order valence-corrected chi connectivity index (χ1v) is 18.6. The Labute approximate surface area is 281 Å². The van der Waals surface area contributed by atoms with Crippen LogP contribution in [0, 0.1) is 51.2 Å². The molecule has 1 saturated heterocycles. The number of hydrogen-bond acceptors (Lipinski definition) is 8. The molecule has 2 N–H and O–H groups in total. The molecule has 6 aliphatic rings. The maximum atomic E-state index is 13.1. The van der Waals surface area contributed by atoms with E-state index in [0.29, 0.717) is 73.2 Å². The van der Waals surface area contributed by atoms with E-state index in [0.717, 1.165) is 25.7 Å². The molecule has 47 heavy (non-hydrogen) atoms. The molecule has 4 unspecified atom stereocenters. The zero-order valence-corrected chi connectivity index (χ0v) is 29.6. The number of aliphatic hydroxyl groups is 2. The maximum Gasteiger partial charge on any atom is 0.410 e. The number of rotatable bonds is 8. The molecule has 6 fully saturated rings. The van der Waals surface area contributed by atoms with E-state index < -0.39 is 11.7 Å². The number of carbonyl (C=O) groups excluding carboxylic acids is 1. The summed E-state index contributed by atoms with van der Waals surface area (Å²) >= 11 is 0. The summed E-state index contributed by atoms with van der Waals surface area (Å²) < 4.78 is 17.8. The lowest BCUT2D eigenvalue weighted by Crippen LogP contribution is -2.56. The van der Waals surface area contributed by atoms with Crippen molar-refractivity contribution in [3.63, 3.8) is 0 Å². The van der Waals surface area contributed by atoms with Crippen LogP contribution in [0.1, 0.15) is 106 Å². The monoisotopic (exact) mass is 653 g/mol. The minimum absolute atomic E-state index is 0.0415. The summed E-state index contributed by atoms with van der Waals surface area (Å²) in [6, 6.07) is 2.05. The van der Waals surface area contributed by atoms with Crippen LogP contribution < -0.4 is 4.74 Å². The predicted octanol–water partition coefficient (Wildman–Crippen LogP) is 6.27. The molecule has 11 atom stereocenters. The van der Waals surface area contributed by atoms with E-state index in [4.69, 9.17) is 14.2 Å². The largest absolute Gasteiger partial charge is 0.457 e. The van der Waals surface area contributed by atoms with Crippen molar-refractivity contribution < 1.29 is 29.2 Å². The Morgan fingerprint density at radius 2 is 1.77 bits per heavy atom. The average molecular weight is 654 g/mol. The highest BCUT2D eigenvalue weighted by Gasteiger charge is 2.80. The summed E-state index contributed by atoms with van der Waals surface area (Å²) in [5.41, 5.74) is -0.244. The molecule has 5 aliphatic carbocycles. The van der Waals surface area contributed by atoms with Gasteiger partial charge in [-0.1, -0.05) is 27.7 Å². The van der Waals surface area contributed by atoms with E-state index in [1.807, 2.05) is 4.90 Å². The number of nitrogens with zero attached hydrogens (tertiary/aromatic N) is 3. The van der Waals surface area contributed by atoms with Crippen LogP contribution in [0.4, 0.5) is 4.79 Å². The number of fused-ring (bicyclic) bond motifs is 2. The van der Waals surface area contributed by atoms with Crippen molar-refractivity contribution in [2.24, 2.45) is 51.2 Å². The van der Waals surface area contributed by atoms with Crippen LogP contribution in [0.5, 0.6) is 6.01 Å². The van der Waals surface area contributed by atoms with Gasteiger partial charge in [0.25, 0.3) is 0 Å². The fraction of sp³-hybridized carbons (Fsp3) is 0.868. The van der Waals surface area contributed by atoms with E-state index >= 15 is 0 Å². The molecule has 7 rings (SSSR count). The van der Waals surface area contributed by atoms with E-state index in [2.05, 4.69) is 37.7 Å². The standard InChI is InChI=1S/C38H59N3O6/c1-24(8-11-30(35(4,5)44)46-32-39-16-7-17-40-32)31-27(42)22-26-25-9-10-28-34(2,3)29(47-33(43)41-18-20-45-21-19-41)12-13-38(28)23-37(25,38)15-14-36(26,31)6/h7,16-17,24-31,42,44H,8-15,18-23H2,1-6H3/t24?,25-,26?,27+,28?,29-,30-,31?,36-,37-,38+/m0/s1. The first-order chi connectivity index (χ1) is 22.2. The van der Waals surface area contributed by atoms with Gasteiger partial charge in [0.15, 0.2) is 0 Å². The lowest BCUT2D eigenvalue weighted by Gasteiger charge is -2.59. The molecule has 1 aromatic heterocycles. The Morgan fingerprint density at radius 3 is 2.47 bits per heavy atom. The second-order valence-electron chi connectivity index (χ2n) is 17.8. The lowest BCUT2D eigenvalue weighted by molar-refractivity contribution is -0.139. The topological polar surface area (TPSA) is 114 Å². The maximum absolute atomic E-state index is 13.1. The van der Waals surface area contributed by atoms with Gasteiger partial charge in [0, 0.05) is 30.9 Å². The van der Waals surface area contributed by atoms with Crippen LogP contribution in [-0.2, 0) is 9.47 Å². The van der Waals surface area contributed by atoms with Gasteiger partial charge in [-0.3, -0.25) is 0 Å². The van der Waals surface area contributed by atoms with Gasteiger partial charge in [-0.25, -0.2) is 14.8 Å². The van der Waals surface area contributed by atoms with Crippen LogP contribution in [0.3, 0.4) is 0 Å². The molecule has 0 aromatic carbocycles. The second kappa shape index (κ2) is 11.8. The highest BCUT2D eigenvalue weighted by Crippen LogP contribution is 2.87. The van der Waals surface area contributed by atoms with Gasteiger partial charge in [-0.2, -0.15) is 0 Å². The third-order valence-corrected chi connectivity index (χ3v) is 14.9. The first-order valence-electron chi connectivity index (χ1n) is 18.6. The Morgan fingerprint density at radius 1 is 1.04 bits per heavy atom. The molecule has 0 bridgehead atoms. The molecule has 9 heteroatoms. The first kappa shape index (κ1) is 33.5. The van der Waals surface area contributed by atoms with Gasteiger partial charge in [-0.15, -0.1) is 0 Å². The predicted molar refractivity (Wildman–Crippen MR) is 177 cm³/mol. The number of aliphatic hydroxyl groups excluding tert-OH is 1. The van der Waals surface area contributed by atoms with Crippen LogP contribution in [0.25, 0.3) is 0 Å². The summed E-state index contributed by atoms with van der Waals surface area (Å²) in [5.74, 6) is 2.31. The molecule has 262 valence electrons. The number of amides is 1. The normalized spacial score (nSPS) is 41.8. The van der Waals surface area contributed by atoms with Crippen molar-refractivity contribution in [1.29, 1.82) is 0 Å². The van der Waals surface area contributed by atoms with Crippen molar-refractivity contribution in [2.45, 2.75) is 130 Å². The van der Waals surface area contributed by atoms with Crippen LogP contribution >= 0.6 is 0 Å². The highest BCUT2D eigenvalue weighted by atomic mass is 16.6. The van der Waals surface area contributed by atoms with E-state index in [1.54, 1.807) is 32.3 Å². The minimum Gasteiger partial charge on any atom is -0.457 e. The molecule has 1 amide bonds. The zero-order chi connectivity index (χ0) is 33.4. The molecule has 2 spiro atoms. The van der Waals surface area contributed by atoms with Crippen molar-refractivity contribution in [1.82, 2.24) is 14.9 Å². The SMILES string of the molecule is CC(CC[C@H](Oc1ncccn1)C(C)(C)O)C1[C@H](O)CC2[C@@H]3CCC4C(C)(C)[C@@H](OC(=O)N5CCOCC5)CC[C@@]45C[C@@]35CC[C@]12C. The summed E-state index contributed by atoms with van der Waals surface area (Å²) in [6.07, 6.45) is 13.1. The number of hydrogen-bond donors (Lipinski definition) is 2. The number of ether oxygens (including phenoxy) is 3. The summed E-state index contributed by atoms with van der Waals surface area (Å²) in [4.78, 5) is 23.4. The van der Waals surface area contributed by atoms with Gasteiger partial charge in [0.1, 0.15) is 12.2 Å². The lowest BCUT2D eigenvalue weighted by atomic mass is 9.46. The van der Waals surface area contributed by atoms with Crippen molar-refractivity contribution in [3.8, 4) is 6.01 Å². The Bertz CT molecular complexity index is 1300. The fourth-order valence-electron chi connectivity index (χ4n) is 12.7. The van der Waals surface area contributed by atoms with Crippen LogP contribution in [-0.4, -0.2) is 81.4 Å². The summed E-state index contributed by atoms with van der Waals surface area (Å²) in [5, 5.41) is 22.7. The van der Waals surface area contributed by atoms with Crippen molar-refractivity contribution in [3.05, 3.63) is 18.5 Å². The molecular formula is C38H59N3O6. The second-order valence-corrected chi connectivity index (χ2v) is 17.8. The van der Waals surface area contributed by atoms with Gasteiger partial charge in [-0.05, 0) is 130 Å². The fourth-order valence-corrected chi connectivity index (χ4v) is 12.7. The Kier molecular flexibility index (Phi) is 8.43. The number of aromatic nitrogens is 2. The molecule has 1 aromatic rings. The van der Waals surface area contributed by atoms with Gasteiger partial charge >= 0.3 is 12.1 Å². The Balaban J connectivity index is 1.03. The van der Waals surface area contributed by atoms with Crippen LogP contribution in [0.15, 0.2) is 18.5 Å². The molecule has 0 radical (unpaired) electrons. The summed E-state index contributed by atoms with van der Waals surface area (Å²) in [6.45, 7) is 15.6. The zero-order valence-electron chi connectivity index (χ0n) is 29.6. The average Bonchev–Trinajstić information content (AvgIpc) is 3.62. The molecule has 9 nitrogen and oxygen atoms in total. The van der Waals surface area contributed by atoms with E-state index in [-0.39, 0.29) is 35.0 Å².